The summed E-state index contributed by atoms with van der Waals surface area (Å²) in [4.78, 5) is 20.4. The van der Waals surface area contributed by atoms with Crippen LogP contribution in [-0.4, -0.2) is 62.1 Å². The number of rotatable bonds is 10. The lowest BCUT2D eigenvalue weighted by Gasteiger charge is -2.32. The number of tetrazole rings is 1. The van der Waals surface area contributed by atoms with Crippen LogP contribution in [0.1, 0.15) is 60.5 Å². The van der Waals surface area contributed by atoms with Crippen molar-refractivity contribution in [3.05, 3.63) is 74.0 Å². The Morgan fingerprint density at radius 1 is 1.16 bits per heavy atom. The lowest BCUT2D eigenvalue weighted by molar-refractivity contribution is 0.0559. The minimum Gasteiger partial charge on any atom is -0.377 e. The second kappa shape index (κ2) is 11.4. The Hall–Kier alpha value is -2.92. The summed E-state index contributed by atoms with van der Waals surface area (Å²) in [6.45, 7) is 5.59. The van der Waals surface area contributed by atoms with E-state index in [4.69, 9.17) is 9.47 Å². The van der Waals surface area contributed by atoms with E-state index in [0.29, 0.717) is 31.0 Å². The van der Waals surface area contributed by atoms with Gasteiger partial charge < -0.3 is 14.5 Å². The first kappa shape index (κ1) is 25.4. The number of benzene rings is 1. The van der Waals surface area contributed by atoms with Crippen LogP contribution >= 0.6 is 11.3 Å². The first-order valence-corrected chi connectivity index (χ1v) is 14.5. The van der Waals surface area contributed by atoms with Gasteiger partial charge in [-0.1, -0.05) is 19.1 Å². The number of pyridine rings is 1. The summed E-state index contributed by atoms with van der Waals surface area (Å²) in [7, 11) is 0. The summed E-state index contributed by atoms with van der Waals surface area (Å²) < 4.78 is 13.8. The lowest BCUT2D eigenvalue weighted by Crippen LogP contribution is -2.39. The van der Waals surface area contributed by atoms with Gasteiger partial charge in [0.15, 0.2) is 5.82 Å². The van der Waals surface area contributed by atoms with Gasteiger partial charge in [-0.25, -0.2) is 4.68 Å². The molecule has 3 atom stereocenters. The van der Waals surface area contributed by atoms with Crippen molar-refractivity contribution in [3.63, 3.8) is 0 Å². The smallest absolute Gasteiger partial charge is 0.253 e. The van der Waals surface area contributed by atoms with E-state index in [2.05, 4.69) is 62.0 Å². The number of nitrogens with zero attached hydrogens (tertiary/aromatic N) is 5. The summed E-state index contributed by atoms with van der Waals surface area (Å²) in [6, 6.07) is 12.0. The molecule has 2 saturated heterocycles. The van der Waals surface area contributed by atoms with E-state index in [1.807, 2.05) is 16.8 Å². The van der Waals surface area contributed by atoms with Gasteiger partial charge in [0.2, 0.25) is 0 Å². The van der Waals surface area contributed by atoms with Crippen LogP contribution in [0.15, 0.2) is 46.6 Å². The van der Waals surface area contributed by atoms with Crippen LogP contribution in [0, 0.1) is 0 Å². The third-order valence-corrected chi connectivity index (χ3v) is 8.47. The maximum Gasteiger partial charge on any atom is 0.253 e. The molecular weight excluding hydrogens is 500 g/mol. The minimum atomic E-state index is -0.448. The van der Waals surface area contributed by atoms with Gasteiger partial charge in [0.25, 0.3) is 5.56 Å². The number of aromatic nitrogens is 5. The van der Waals surface area contributed by atoms with Crippen LogP contribution in [0.5, 0.6) is 0 Å². The highest BCUT2D eigenvalue weighted by molar-refractivity contribution is 7.09. The molecule has 0 spiro atoms. The van der Waals surface area contributed by atoms with Gasteiger partial charge in [-0.05, 0) is 83.1 Å². The number of nitrogens with one attached hydrogen (secondary N) is 1. The maximum absolute atomic E-state index is 13.7. The number of ether oxygens (including phenoxy) is 2. The van der Waals surface area contributed by atoms with Crippen LogP contribution in [0.4, 0.5) is 0 Å². The molecule has 0 saturated carbocycles. The first-order chi connectivity index (χ1) is 18.7. The largest absolute Gasteiger partial charge is 0.377 e. The number of aromatic amines is 1. The Kier molecular flexibility index (Phi) is 7.64. The van der Waals surface area contributed by atoms with Crippen molar-refractivity contribution in [3.8, 4) is 0 Å². The SMILES string of the molecule is CCc1ccc2[nH]c(=O)c([C@@H](c3nnnn3C[C@@H]3CCCO3)N(Cc3cccs3)C[C@@H]3CCCO3)cc2c1. The summed E-state index contributed by atoms with van der Waals surface area (Å²) in [5.41, 5.74) is 2.58. The van der Waals surface area contributed by atoms with Gasteiger partial charge in [-0.3, -0.25) is 9.69 Å². The second-order valence-corrected chi connectivity index (χ2v) is 11.3. The summed E-state index contributed by atoms with van der Waals surface area (Å²) in [5, 5.41) is 16.1. The predicted molar refractivity (Wildman–Crippen MR) is 146 cm³/mol. The molecule has 38 heavy (non-hydrogen) atoms. The molecule has 2 fully saturated rings. The standard InChI is InChI=1S/C28H34N6O3S/c1-2-19-9-10-25-20(14-19)15-24(28(35)29-25)26(27-30-31-32-34(27)17-22-7-4-12-37-22)33(16-21-6-3-11-36-21)18-23-8-5-13-38-23/h5,8-10,13-15,21-22,26H,2-4,6-7,11-12,16-18H2,1H3,(H,29,35)/t21-,22-,26-/m0/s1. The van der Waals surface area contributed by atoms with Gasteiger partial charge in [0, 0.05) is 42.3 Å². The van der Waals surface area contributed by atoms with E-state index in [1.54, 1.807) is 11.3 Å². The average molecular weight is 535 g/mol. The highest BCUT2D eigenvalue weighted by Gasteiger charge is 2.34. The summed E-state index contributed by atoms with van der Waals surface area (Å²) >= 11 is 1.71. The number of aryl methyl sites for hydroxylation is 1. The van der Waals surface area contributed by atoms with Gasteiger partial charge in [-0.15, -0.1) is 16.4 Å². The minimum absolute atomic E-state index is 0.0730. The second-order valence-electron chi connectivity index (χ2n) is 10.2. The van der Waals surface area contributed by atoms with Crippen molar-refractivity contribution in [1.29, 1.82) is 0 Å². The van der Waals surface area contributed by atoms with E-state index in [9.17, 15) is 4.79 Å². The van der Waals surface area contributed by atoms with E-state index in [0.717, 1.165) is 56.2 Å². The molecule has 2 aliphatic rings. The van der Waals surface area contributed by atoms with Crippen molar-refractivity contribution in [2.24, 2.45) is 0 Å². The number of hydrogen-bond acceptors (Lipinski definition) is 8. The molecule has 4 aromatic rings. The zero-order valence-electron chi connectivity index (χ0n) is 21.7. The molecular formula is C28H34N6O3S. The third kappa shape index (κ3) is 5.44. The molecule has 9 nitrogen and oxygen atoms in total. The van der Waals surface area contributed by atoms with E-state index >= 15 is 0 Å². The molecule has 0 aliphatic carbocycles. The molecule has 0 radical (unpaired) electrons. The Balaban J connectivity index is 1.47. The monoisotopic (exact) mass is 534 g/mol. The highest BCUT2D eigenvalue weighted by atomic mass is 32.1. The quantitative estimate of drug-likeness (QED) is 0.327. The van der Waals surface area contributed by atoms with Crippen molar-refractivity contribution in [2.45, 2.75) is 70.4 Å². The molecule has 200 valence electrons. The van der Waals surface area contributed by atoms with Gasteiger partial charge in [0.1, 0.15) is 6.04 Å². The first-order valence-electron chi connectivity index (χ1n) is 13.6. The van der Waals surface area contributed by atoms with Gasteiger partial charge in [-0.2, -0.15) is 0 Å². The summed E-state index contributed by atoms with van der Waals surface area (Å²) in [5.74, 6) is 0.659. The molecule has 10 heteroatoms. The van der Waals surface area contributed by atoms with Crippen molar-refractivity contribution in [2.75, 3.05) is 19.8 Å². The van der Waals surface area contributed by atoms with E-state index in [-0.39, 0.29) is 17.8 Å². The maximum atomic E-state index is 13.7. The number of hydrogen-bond donors (Lipinski definition) is 1. The molecule has 0 unspecified atom stereocenters. The fourth-order valence-electron chi connectivity index (χ4n) is 5.63. The normalized spacial score (nSPS) is 20.6. The zero-order chi connectivity index (χ0) is 25.9. The molecule has 0 amide bonds. The third-order valence-electron chi connectivity index (χ3n) is 7.61. The Morgan fingerprint density at radius 3 is 2.74 bits per heavy atom. The summed E-state index contributed by atoms with van der Waals surface area (Å²) in [6.07, 6.45) is 5.18. The Bertz CT molecular complexity index is 1410. The van der Waals surface area contributed by atoms with Crippen LogP contribution in [0.25, 0.3) is 10.9 Å². The topological polar surface area (TPSA) is 98.2 Å². The Labute approximate surface area is 225 Å². The zero-order valence-corrected chi connectivity index (χ0v) is 22.5. The number of H-pyrrole nitrogens is 1. The van der Waals surface area contributed by atoms with Crippen molar-refractivity contribution < 1.29 is 9.47 Å². The Morgan fingerprint density at radius 2 is 2.00 bits per heavy atom. The number of thiophene rings is 1. The lowest BCUT2D eigenvalue weighted by atomic mass is 10.0. The van der Waals surface area contributed by atoms with Gasteiger partial charge in [0.05, 0.1) is 18.8 Å². The fraction of sp³-hybridized carbons (Fsp3) is 0.500. The molecule has 1 N–H and O–H groups in total. The molecule has 3 aromatic heterocycles. The predicted octanol–water partition coefficient (Wildman–Crippen LogP) is 4.09. The van der Waals surface area contributed by atoms with E-state index in [1.165, 1.54) is 10.4 Å². The van der Waals surface area contributed by atoms with Crippen LogP contribution in [0.2, 0.25) is 0 Å². The molecule has 1 aromatic carbocycles. The molecule has 2 aliphatic heterocycles. The molecule has 5 heterocycles. The van der Waals surface area contributed by atoms with Crippen LogP contribution in [0.3, 0.4) is 0 Å². The molecule has 0 bridgehead atoms. The van der Waals surface area contributed by atoms with Crippen LogP contribution < -0.4 is 5.56 Å². The van der Waals surface area contributed by atoms with Crippen molar-refractivity contribution in [1.82, 2.24) is 30.1 Å². The van der Waals surface area contributed by atoms with E-state index < -0.39 is 6.04 Å². The van der Waals surface area contributed by atoms with Crippen molar-refractivity contribution >= 4 is 22.2 Å². The molecule has 6 rings (SSSR count). The fourth-order valence-corrected chi connectivity index (χ4v) is 6.36. The van der Waals surface area contributed by atoms with Crippen LogP contribution in [-0.2, 0) is 29.0 Å². The number of fused-ring (bicyclic) bond motifs is 1. The average Bonchev–Trinajstić information content (AvgIpc) is 3.74. The highest BCUT2D eigenvalue weighted by Crippen LogP contribution is 2.31. The van der Waals surface area contributed by atoms with Gasteiger partial charge >= 0.3 is 0 Å².